The molecule has 16 heavy (non-hydrogen) atoms. The average molecular weight is 220 g/mol. The van der Waals surface area contributed by atoms with E-state index in [0.29, 0.717) is 11.3 Å². The summed E-state index contributed by atoms with van der Waals surface area (Å²) in [6, 6.07) is 5.72. The summed E-state index contributed by atoms with van der Waals surface area (Å²) in [5, 5.41) is 8.95. The highest BCUT2D eigenvalue weighted by Gasteiger charge is 2.11. The zero-order chi connectivity index (χ0) is 12.3. The van der Waals surface area contributed by atoms with E-state index in [2.05, 4.69) is 0 Å². The maximum Gasteiger partial charge on any atom is 0.331 e. The number of ether oxygens (including phenoxy) is 1. The molecule has 0 saturated carbocycles. The van der Waals surface area contributed by atoms with E-state index >= 15 is 0 Å². The number of allylic oxidation sites excluding steroid dienone is 1. The van der Waals surface area contributed by atoms with E-state index in [1.807, 2.05) is 25.1 Å². The number of methoxy groups -OCH3 is 1. The van der Waals surface area contributed by atoms with Crippen LogP contribution in [0.25, 0.3) is 5.57 Å². The van der Waals surface area contributed by atoms with Crippen LogP contribution in [0.2, 0.25) is 0 Å². The van der Waals surface area contributed by atoms with E-state index in [0.717, 1.165) is 16.7 Å². The molecule has 0 aliphatic rings. The fourth-order valence-corrected chi connectivity index (χ4v) is 1.48. The molecule has 1 aromatic rings. The van der Waals surface area contributed by atoms with E-state index in [1.165, 1.54) is 0 Å². The Kier molecular flexibility index (Phi) is 3.72. The van der Waals surface area contributed by atoms with Crippen LogP contribution in [-0.4, -0.2) is 18.2 Å². The second-order valence-corrected chi connectivity index (χ2v) is 3.76. The monoisotopic (exact) mass is 220 g/mol. The lowest BCUT2D eigenvalue weighted by Crippen LogP contribution is -2.00. The molecule has 0 amide bonds. The number of benzene rings is 1. The maximum atomic E-state index is 10.9. The van der Waals surface area contributed by atoms with Gasteiger partial charge in [-0.1, -0.05) is 11.6 Å². The Morgan fingerprint density at radius 2 is 1.94 bits per heavy atom. The van der Waals surface area contributed by atoms with Crippen LogP contribution < -0.4 is 4.74 Å². The number of carboxylic acids is 1. The highest BCUT2D eigenvalue weighted by molar-refractivity contribution is 5.96. The summed E-state index contributed by atoms with van der Waals surface area (Å²) in [4.78, 5) is 10.9. The van der Waals surface area contributed by atoms with Gasteiger partial charge in [-0.2, -0.15) is 0 Å². The minimum absolute atomic E-state index is 0.337. The van der Waals surface area contributed by atoms with Crippen molar-refractivity contribution in [1.82, 2.24) is 0 Å². The normalized spacial score (nSPS) is 12.0. The van der Waals surface area contributed by atoms with Gasteiger partial charge in [0.15, 0.2) is 0 Å². The fourth-order valence-electron chi connectivity index (χ4n) is 1.48. The summed E-state index contributed by atoms with van der Waals surface area (Å²) in [5.74, 6) is -0.204. The molecular formula is C13H16O3. The van der Waals surface area contributed by atoms with Gasteiger partial charge in [0, 0.05) is 11.1 Å². The predicted molar refractivity (Wildman–Crippen MR) is 63.6 cm³/mol. The van der Waals surface area contributed by atoms with E-state index in [9.17, 15) is 4.79 Å². The quantitative estimate of drug-likeness (QED) is 0.797. The van der Waals surface area contributed by atoms with Crippen molar-refractivity contribution in [2.24, 2.45) is 0 Å². The molecule has 0 radical (unpaired) electrons. The van der Waals surface area contributed by atoms with Crippen LogP contribution in [0, 0.1) is 6.92 Å². The Morgan fingerprint density at radius 3 is 2.44 bits per heavy atom. The summed E-state index contributed by atoms with van der Waals surface area (Å²) in [7, 11) is 1.58. The number of hydrogen-bond acceptors (Lipinski definition) is 2. The van der Waals surface area contributed by atoms with E-state index in [1.54, 1.807) is 21.0 Å². The topological polar surface area (TPSA) is 46.5 Å². The molecule has 0 atom stereocenters. The maximum absolute atomic E-state index is 10.9. The van der Waals surface area contributed by atoms with Gasteiger partial charge in [-0.3, -0.25) is 0 Å². The summed E-state index contributed by atoms with van der Waals surface area (Å²) >= 11 is 0. The van der Waals surface area contributed by atoms with Crippen molar-refractivity contribution in [1.29, 1.82) is 0 Å². The average Bonchev–Trinajstić information content (AvgIpc) is 2.26. The number of carboxylic acid groups (broad SMARTS) is 1. The van der Waals surface area contributed by atoms with E-state index in [-0.39, 0.29) is 0 Å². The largest absolute Gasteiger partial charge is 0.496 e. The van der Waals surface area contributed by atoms with Crippen molar-refractivity contribution in [3.63, 3.8) is 0 Å². The molecule has 1 rings (SSSR count). The Labute approximate surface area is 95.4 Å². The first kappa shape index (κ1) is 12.3. The zero-order valence-electron chi connectivity index (χ0n) is 10.00. The number of hydrogen-bond donors (Lipinski definition) is 1. The van der Waals surface area contributed by atoms with Crippen molar-refractivity contribution in [2.45, 2.75) is 20.8 Å². The van der Waals surface area contributed by atoms with Gasteiger partial charge < -0.3 is 9.84 Å². The van der Waals surface area contributed by atoms with Gasteiger partial charge in [0.05, 0.1) is 7.11 Å². The molecule has 0 unspecified atom stereocenters. The minimum Gasteiger partial charge on any atom is -0.496 e. The molecule has 0 fully saturated rings. The van der Waals surface area contributed by atoms with Crippen LogP contribution in [0.4, 0.5) is 0 Å². The second kappa shape index (κ2) is 4.84. The number of aliphatic carboxylic acids is 1. The molecular weight excluding hydrogens is 204 g/mol. The lowest BCUT2D eigenvalue weighted by Gasteiger charge is -2.11. The smallest absolute Gasteiger partial charge is 0.331 e. The van der Waals surface area contributed by atoms with Crippen molar-refractivity contribution in [3.05, 3.63) is 34.9 Å². The fraction of sp³-hybridized carbons (Fsp3) is 0.308. The lowest BCUT2D eigenvalue weighted by molar-refractivity contribution is -0.132. The van der Waals surface area contributed by atoms with Crippen LogP contribution in [0.5, 0.6) is 5.75 Å². The van der Waals surface area contributed by atoms with Crippen molar-refractivity contribution < 1.29 is 14.6 Å². The molecule has 86 valence electrons. The highest BCUT2D eigenvalue weighted by Crippen LogP contribution is 2.28. The van der Waals surface area contributed by atoms with Gasteiger partial charge in [0.2, 0.25) is 0 Å². The number of carbonyl (C=O) groups is 1. The predicted octanol–water partition coefficient (Wildman–Crippen LogP) is 2.88. The van der Waals surface area contributed by atoms with Gasteiger partial charge in [-0.15, -0.1) is 0 Å². The third kappa shape index (κ3) is 2.42. The Morgan fingerprint density at radius 1 is 1.31 bits per heavy atom. The van der Waals surface area contributed by atoms with Gasteiger partial charge in [0.1, 0.15) is 5.75 Å². The molecule has 0 saturated heterocycles. The summed E-state index contributed by atoms with van der Waals surface area (Å²) < 4.78 is 5.22. The molecule has 0 spiro atoms. The highest BCUT2D eigenvalue weighted by atomic mass is 16.5. The van der Waals surface area contributed by atoms with Gasteiger partial charge in [-0.25, -0.2) is 4.79 Å². The Balaban J connectivity index is 3.37. The number of aryl methyl sites for hydroxylation is 1. The zero-order valence-corrected chi connectivity index (χ0v) is 10.00. The first-order chi connectivity index (χ1) is 7.47. The molecule has 3 nitrogen and oxygen atoms in total. The SMILES string of the molecule is COc1ccc(C)cc1C(C)=C(C)C(=O)O. The van der Waals surface area contributed by atoms with Crippen LogP contribution in [-0.2, 0) is 4.79 Å². The van der Waals surface area contributed by atoms with E-state index in [4.69, 9.17) is 9.84 Å². The molecule has 0 aliphatic heterocycles. The molecule has 1 N–H and O–H groups in total. The molecule has 0 bridgehead atoms. The standard InChI is InChI=1S/C13H16O3/c1-8-5-6-12(16-4)11(7-8)9(2)10(3)13(14)15/h5-7H,1-4H3,(H,14,15). The van der Waals surface area contributed by atoms with Crippen LogP contribution in [0.15, 0.2) is 23.8 Å². The lowest BCUT2D eigenvalue weighted by atomic mass is 9.99. The molecule has 1 aromatic carbocycles. The first-order valence-corrected chi connectivity index (χ1v) is 5.03. The van der Waals surface area contributed by atoms with Crippen LogP contribution >= 0.6 is 0 Å². The summed E-state index contributed by atoms with van der Waals surface area (Å²) in [5.41, 5.74) is 2.98. The third-order valence-electron chi connectivity index (χ3n) is 2.64. The van der Waals surface area contributed by atoms with Gasteiger partial charge in [-0.05, 0) is 38.5 Å². The van der Waals surface area contributed by atoms with Crippen LogP contribution in [0.1, 0.15) is 25.0 Å². The van der Waals surface area contributed by atoms with Crippen LogP contribution in [0.3, 0.4) is 0 Å². The third-order valence-corrected chi connectivity index (χ3v) is 2.64. The van der Waals surface area contributed by atoms with Crippen molar-refractivity contribution in [3.8, 4) is 5.75 Å². The van der Waals surface area contributed by atoms with E-state index < -0.39 is 5.97 Å². The molecule has 0 heterocycles. The van der Waals surface area contributed by atoms with Crippen molar-refractivity contribution in [2.75, 3.05) is 7.11 Å². The number of rotatable bonds is 3. The minimum atomic E-state index is -0.902. The summed E-state index contributed by atoms with van der Waals surface area (Å²) in [6.45, 7) is 5.35. The molecule has 3 heteroatoms. The molecule has 0 aromatic heterocycles. The molecule has 0 aliphatic carbocycles. The second-order valence-electron chi connectivity index (χ2n) is 3.76. The van der Waals surface area contributed by atoms with Gasteiger partial charge in [0.25, 0.3) is 0 Å². The van der Waals surface area contributed by atoms with Crippen molar-refractivity contribution >= 4 is 11.5 Å². The Hall–Kier alpha value is -1.77. The summed E-state index contributed by atoms with van der Waals surface area (Å²) in [6.07, 6.45) is 0. The first-order valence-electron chi connectivity index (χ1n) is 5.03. The van der Waals surface area contributed by atoms with Gasteiger partial charge >= 0.3 is 5.97 Å². The Bertz CT molecular complexity index is 444.